The highest BCUT2D eigenvalue weighted by Crippen LogP contribution is 2.26. The number of likely N-dealkylation sites (tertiary alicyclic amines) is 1. The fourth-order valence-electron chi connectivity index (χ4n) is 2.35. The van der Waals surface area contributed by atoms with Gasteiger partial charge in [-0.25, -0.2) is 0 Å². The summed E-state index contributed by atoms with van der Waals surface area (Å²) in [6, 6.07) is 6.11. The van der Waals surface area contributed by atoms with Gasteiger partial charge in [0.2, 0.25) is 5.91 Å². The van der Waals surface area contributed by atoms with Gasteiger partial charge in [0.15, 0.2) is 0 Å². The number of rotatable bonds is 4. The SMILES string of the molecule is Cc1cc(Br)ccc1SCC(=O)N1CCCC1CO. The third-order valence-corrected chi connectivity index (χ3v) is 5.05. The number of benzene rings is 1. The van der Waals surface area contributed by atoms with Gasteiger partial charge in [0.25, 0.3) is 0 Å². The maximum absolute atomic E-state index is 12.2. The quantitative estimate of drug-likeness (QED) is 0.854. The Morgan fingerprint density at radius 3 is 3.05 bits per heavy atom. The van der Waals surface area contributed by atoms with Gasteiger partial charge in [0.1, 0.15) is 0 Å². The summed E-state index contributed by atoms with van der Waals surface area (Å²) in [5.74, 6) is 0.572. The molecular weight excluding hydrogens is 326 g/mol. The standard InChI is InChI=1S/C14H18BrNO2S/c1-10-7-11(15)4-5-13(10)19-9-14(18)16-6-2-3-12(16)8-17/h4-5,7,12,17H,2-3,6,8-9H2,1H3. The van der Waals surface area contributed by atoms with E-state index in [-0.39, 0.29) is 18.6 Å². The molecular formula is C14H18BrNO2S. The first kappa shape index (κ1) is 14.9. The lowest BCUT2D eigenvalue weighted by Gasteiger charge is -2.22. The van der Waals surface area contributed by atoms with E-state index in [9.17, 15) is 9.90 Å². The number of carbonyl (C=O) groups excluding carboxylic acids is 1. The first-order chi connectivity index (χ1) is 9.11. The van der Waals surface area contributed by atoms with Crippen molar-refractivity contribution in [2.24, 2.45) is 0 Å². The molecule has 0 spiro atoms. The maximum atomic E-state index is 12.2. The van der Waals surface area contributed by atoms with Crippen LogP contribution in [-0.4, -0.2) is 40.9 Å². The molecule has 1 amide bonds. The Labute approximate surface area is 126 Å². The van der Waals surface area contributed by atoms with Crippen LogP contribution >= 0.6 is 27.7 Å². The summed E-state index contributed by atoms with van der Waals surface area (Å²) in [5, 5.41) is 9.24. The van der Waals surface area contributed by atoms with Crippen molar-refractivity contribution >= 4 is 33.6 Å². The Morgan fingerprint density at radius 1 is 1.58 bits per heavy atom. The molecule has 19 heavy (non-hydrogen) atoms. The second-order valence-corrected chi connectivity index (χ2v) is 6.70. The Balaban J connectivity index is 1.93. The molecule has 3 nitrogen and oxygen atoms in total. The number of hydrogen-bond acceptors (Lipinski definition) is 3. The molecule has 0 bridgehead atoms. The van der Waals surface area contributed by atoms with Gasteiger partial charge in [-0.2, -0.15) is 0 Å². The number of thioether (sulfide) groups is 1. The van der Waals surface area contributed by atoms with Gasteiger partial charge in [-0.15, -0.1) is 11.8 Å². The molecule has 1 aromatic rings. The van der Waals surface area contributed by atoms with Gasteiger partial charge in [-0.1, -0.05) is 15.9 Å². The Hall–Kier alpha value is -0.520. The zero-order valence-corrected chi connectivity index (χ0v) is 13.3. The zero-order valence-electron chi connectivity index (χ0n) is 10.9. The van der Waals surface area contributed by atoms with E-state index < -0.39 is 0 Å². The molecule has 2 rings (SSSR count). The fraction of sp³-hybridized carbons (Fsp3) is 0.500. The maximum Gasteiger partial charge on any atom is 0.233 e. The second kappa shape index (κ2) is 6.77. The molecule has 104 valence electrons. The van der Waals surface area contributed by atoms with E-state index in [2.05, 4.69) is 22.0 Å². The number of aliphatic hydroxyl groups is 1. The average molecular weight is 344 g/mol. The van der Waals surface area contributed by atoms with Crippen LogP contribution in [-0.2, 0) is 4.79 Å². The Bertz CT molecular complexity index is 467. The van der Waals surface area contributed by atoms with Crippen LogP contribution in [0.3, 0.4) is 0 Å². The summed E-state index contributed by atoms with van der Waals surface area (Å²) in [4.78, 5) is 15.1. The first-order valence-corrected chi connectivity index (χ1v) is 8.19. The predicted octanol–water partition coefficient (Wildman–Crippen LogP) is 2.83. The molecule has 0 saturated carbocycles. The summed E-state index contributed by atoms with van der Waals surface area (Å²) in [6.07, 6.45) is 1.92. The van der Waals surface area contributed by atoms with Gasteiger partial charge in [-0.3, -0.25) is 4.79 Å². The monoisotopic (exact) mass is 343 g/mol. The topological polar surface area (TPSA) is 40.5 Å². The van der Waals surface area contributed by atoms with Crippen molar-refractivity contribution in [3.8, 4) is 0 Å². The highest BCUT2D eigenvalue weighted by Gasteiger charge is 2.27. The molecule has 1 N–H and O–H groups in total. The lowest BCUT2D eigenvalue weighted by Crippen LogP contribution is -2.38. The Kier molecular flexibility index (Phi) is 5.30. The van der Waals surface area contributed by atoms with Gasteiger partial charge in [0.05, 0.1) is 18.4 Å². The van der Waals surface area contributed by atoms with E-state index >= 15 is 0 Å². The summed E-state index contributed by atoms with van der Waals surface area (Å²) in [5.41, 5.74) is 1.17. The molecule has 1 aliphatic heterocycles. The molecule has 1 fully saturated rings. The van der Waals surface area contributed by atoms with E-state index in [1.807, 2.05) is 24.0 Å². The predicted molar refractivity (Wildman–Crippen MR) is 81.4 cm³/mol. The third-order valence-electron chi connectivity index (χ3n) is 3.40. The van der Waals surface area contributed by atoms with Gasteiger partial charge >= 0.3 is 0 Å². The van der Waals surface area contributed by atoms with Crippen LogP contribution in [0.4, 0.5) is 0 Å². The molecule has 1 aliphatic rings. The first-order valence-electron chi connectivity index (χ1n) is 6.41. The van der Waals surface area contributed by atoms with E-state index in [1.165, 1.54) is 5.56 Å². The summed E-state index contributed by atoms with van der Waals surface area (Å²) in [7, 11) is 0. The van der Waals surface area contributed by atoms with Crippen molar-refractivity contribution in [3.63, 3.8) is 0 Å². The lowest BCUT2D eigenvalue weighted by atomic mass is 10.2. The highest BCUT2D eigenvalue weighted by molar-refractivity contribution is 9.10. The summed E-state index contributed by atoms with van der Waals surface area (Å²) < 4.78 is 1.06. The number of carbonyl (C=O) groups is 1. The molecule has 5 heteroatoms. The van der Waals surface area contributed by atoms with E-state index in [1.54, 1.807) is 11.8 Å². The summed E-state index contributed by atoms with van der Waals surface area (Å²) >= 11 is 5.00. The van der Waals surface area contributed by atoms with Crippen molar-refractivity contribution in [2.75, 3.05) is 18.9 Å². The van der Waals surface area contributed by atoms with Crippen LogP contribution in [0.5, 0.6) is 0 Å². The smallest absolute Gasteiger partial charge is 0.233 e. The molecule has 0 radical (unpaired) electrons. The minimum atomic E-state index is 0.0270. The van der Waals surface area contributed by atoms with Gasteiger partial charge in [-0.05, 0) is 43.5 Å². The van der Waals surface area contributed by atoms with Crippen LogP contribution in [0.1, 0.15) is 18.4 Å². The number of nitrogens with zero attached hydrogens (tertiary/aromatic N) is 1. The van der Waals surface area contributed by atoms with Crippen LogP contribution in [0.15, 0.2) is 27.6 Å². The molecule has 0 aromatic heterocycles. The van der Waals surface area contributed by atoms with Gasteiger partial charge < -0.3 is 10.0 Å². The number of hydrogen-bond donors (Lipinski definition) is 1. The van der Waals surface area contributed by atoms with E-state index in [4.69, 9.17) is 0 Å². The van der Waals surface area contributed by atoms with Crippen LogP contribution in [0, 0.1) is 6.92 Å². The third kappa shape index (κ3) is 3.74. The number of aliphatic hydroxyl groups excluding tert-OH is 1. The largest absolute Gasteiger partial charge is 0.394 e. The Morgan fingerprint density at radius 2 is 2.37 bits per heavy atom. The highest BCUT2D eigenvalue weighted by atomic mass is 79.9. The van der Waals surface area contributed by atoms with Crippen molar-refractivity contribution < 1.29 is 9.90 Å². The average Bonchev–Trinajstić information content (AvgIpc) is 2.85. The molecule has 0 aliphatic carbocycles. The summed E-state index contributed by atoms with van der Waals surface area (Å²) in [6.45, 7) is 2.90. The molecule has 1 unspecified atom stereocenters. The normalized spacial score (nSPS) is 18.9. The molecule has 1 saturated heterocycles. The van der Waals surface area contributed by atoms with Crippen molar-refractivity contribution in [1.29, 1.82) is 0 Å². The van der Waals surface area contributed by atoms with Crippen LogP contribution < -0.4 is 0 Å². The van der Waals surface area contributed by atoms with E-state index in [0.29, 0.717) is 5.75 Å². The minimum Gasteiger partial charge on any atom is -0.394 e. The van der Waals surface area contributed by atoms with Crippen LogP contribution in [0.2, 0.25) is 0 Å². The number of amides is 1. The van der Waals surface area contributed by atoms with Crippen molar-refractivity contribution in [2.45, 2.75) is 30.7 Å². The molecule has 1 heterocycles. The zero-order chi connectivity index (χ0) is 13.8. The second-order valence-electron chi connectivity index (χ2n) is 4.76. The van der Waals surface area contributed by atoms with Gasteiger partial charge in [0, 0.05) is 15.9 Å². The number of aryl methyl sites for hydroxylation is 1. The minimum absolute atomic E-state index is 0.0270. The van der Waals surface area contributed by atoms with E-state index in [0.717, 1.165) is 28.8 Å². The number of halogens is 1. The molecule has 1 aromatic carbocycles. The van der Waals surface area contributed by atoms with Crippen LogP contribution in [0.25, 0.3) is 0 Å². The van der Waals surface area contributed by atoms with Crippen molar-refractivity contribution in [3.05, 3.63) is 28.2 Å². The fourth-order valence-corrected chi connectivity index (χ4v) is 3.72. The van der Waals surface area contributed by atoms with Crippen molar-refractivity contribution in [1.82, 2.24) is 4.90 Å². The molecule has 1 atom stereocenters. The lowest BCUT2D eigenvalue weighted by molar-refractivity contribution is -0.129.